The molecule has 0 unspecified atom stereocenters. The zero-order valence-electron chi connectivity index (χ0n) is 16.9. The summed E-state index contributed by atoms with van der Waals surface area (Å²) >= 11 is 0. The average Bonchev–Trinajstić information content (AvgIpc) is 2.78. The van der Waals surface area contributed by atoms with Crippen LogP contribution in [0.5, 0.6) is 11.5 Å². The maximum Gasteiger partial charge on any atom is 0.262 e. The van der Waals surface area contributed by atoms with Crippen LogP contribution in [0.3, 0.4) is 0 Å². The molecule has 0 fully saturated rings. The maximum absolute atomic E-state index is 13.8. The third-order valence-electron chi connectivity index (χ3n) is 4.43. The first-order chi connectivity index (χ1) is 14.8. The second-order valence-electron chi connectivity index (χ2n) is 6.49. The molecule has 31 heavy (non-hydrogen) atoms. The summed E-state index contributed by atoms with van der Waals surface area (Å²) in [5, 5.41) is 2.73. The molecule has 0 bridgehead atoms. The van der Waals surface area contributed by atoms with Crippen molar-refractivity contribution in [2.45, 2.75) is 11.4 Å². The van der Waals surface area contributed by atoms with Gasteiger partial charge in [-0.2, -0.15) is 0 Å². The Morgan fingerprint density at radius 3 is 2.39 bits per heavy atom. The Morgan fingerprint density at radius 1 is 0.935 bits per heavy atom. The SMILES string of the molecule is COc1ccc(CNC(=O)c2cccc(S(=O)(=O)Nc3ccccc3F)c2)cc1OC. The van der Waals surface area contributed by atoms with Gasteiger partial charge in [-0.3, -0.25) is 9.52 Å². The van der Waals surface area contributed by atoms with Crippen LogP contribution < -0.4 is 19.5 Å². The van der Waals surface area contributed by atoms with Gasteiger partial charge in [0.05, 0.1) is 24.8 Å². The summed E-state index contributed by atoms with van der Waals surface area (Å²) in [6.07, 6.45) is 0. The van der Waals surface area contributed by atoms with E-state index in [-0.39, 0.29) is 22.7 Å². The number of para-hydroxylation sites is 1. The molecular formula is C22H21FN2O5S. The number of hydrogen-bond acceptors (Lipinski definition) is 5. The quantitative estimate of drug-likeness (QED) is 0.554. The number of anilines is 1. The fourth-order valence-corrected chi connectivity index (χ4v) is 3.94. The van der Waals surface area contributed by atoms with Crippen LogP contribution in [0.1, 0.15) is 15.9 Å². The van der Waals surface area contributed by atoms with Gasteiger partial charge in [0.1, 0.15) is 5.82 Å². The minimum atomic E-state index is -4.08. The van der Waals surface area contributed by atoms with Gasteiger partial charge in [0.15, 0.2) is 11.5 Å². The first-order valence-corrected chi connectivity index (χ1v) is 10.7. The number of nitrogens with one attached hydrogen (secondary N) is 2. The van der Waals surface area contributed by atoms with E-state index in [0.717, 1.165) is 11.6 Å². The Kier molecular flexibility index (Phi) is 6.76. The number of ether oxygens (including phenoxy) is 2. The van der Waals surface area contributed by atoms with Crippen molar-refractivity contribution >= 4 is 21.6 Å². The van der Waals surface area contributed by atoms with Crippen molar-refractivity contribution in [3.8, 4) is 11.5 Å². The third kappa shape index (κ3) is 5.32. The summed E-state index contributed by atoms with van der Waals surface area (Å²) in [5.41, 5.74) is 0.749. The first kappa shape index (κ1) is 22.1. The van der Waals surface area contributed by atoms with Gasteiger partial charge in [0, 0.05) is 12.1 Å². The van der Waals surface area contributed by atoms with Gasteiger partial charge in [-0.05, 0) is 48.0 Å². The van der Waals surface area contributed by atoms with E-state index < -0.39 is 21.7 Å². The Morgan fingerprint density at radius 2 is 1.68 bits per heavy atom. The number of hydrogen-bond donors (Lipinski definition) is 2. The highest BCUT2D eigenvalue weighted by Gasteiger charge is 2.18. The Hall–Kier alpha value is -3.59. The highest BCUT2D eigenvalue weighted by atomic mass is 32.2. The molecule has 3 aromatic carbocycles. The summed E-state index contributed by atoms with van der Waals surface area (Å²) in [4.78, 5) is 12.4. The molecule has 9 heteroatoms. The topological polar surface area (TPSA) is 93.7 Å². The fraction of sp³-hybridized carbons (Fsp3) is 0.136. The summed E-state index contributed by atoms with van der Waals surface area (Å²) in [6, 6.07) is 16.2. The van der Waals surface area contributed by atoms with E-state index in [1.165, 1.54) is 56.7 Å². The zero-order valence-corrected chi connectivity index (χ0v) is 17.7. The number of benzene rings is 3. The molecule has 2 N–H and O–H groups in total. The van der Waals surface area contributed by atoms with Crippen LogP contribution in [-0.4, -0.2) is 28.5 Å². The van der Waals surface area contributed by atoms with Crippen molar-refractivity contribution in [3.63, 3.8) is 0 Å². The standard InChI is InChI=1S/C22H21FN2O5S/c1-29-20-11-10-15(12-21(20)30-2)14-24-22(26)16-6-5-7-17(13-16)31(27,28)25-19-9-4-3-8-18(19)23/h3-13,25H,14H2,1-2H3,(H,24,26). The molecule has 0 saturated heterocycles. The lowest BCUT2D eigenvalue weighted by molar-refractivity contribution is 0.0950. The van der Waals surface area contributed by atoms with Gasteiger partial charge in [-0.1, -0.05) is 24.3 Å². The lowest BCUT2D eigenvalue weighted by atomic mass is 10.1. The summed E-state index contributed by atoms with van der Waals surface area (Å²) in [5.74, 6) is -0.0629. The predicted molar refractivity (Wildman–Crippen MR) is 114 cm³/mol. The van der Waals surface area contributed by atoms with E-state index in [4.69, 9.17) is 9.47 Å². The molecule has 0 aliphatic heterocycles. The van der Waals surface area contributed by atoms with E-state index in [0.29, 0.717) is 11.5 Å². The smallest absolute Gasteiger partial charge is 0.262 e. The highest BCUT2D eigenvalue weighted by molar-refractivity contribution is 7.92. The Balaban J connectivity index is 1.73. The molecule has 7 nitrogen and oxygen atoms in total. The number of sulfonamides is 1. The van der Waals surface area contributed by atoms with Gasteiger partial charge < -0.3 is 14.8 Å². The van der Waals surface area contributed by atoms with Crippen LogP contribution >= 0.6 is 0 Å². The molecule has 0 aliphatic rings. The van der Waals surface area contributed by atoms with Gasteiger partial charge in [0.25, 0.3) is 15.9 Å². The van der Waals surface area contributed by atoms with Crippen molar-refractivity contribution in [2.24, 2.45) is 0 Å². The van der Waals surface area contributed by atoms with Crippen LogP contribution in [0.15, 0.2) is 71.6 Å². The van der Waals surface area contributed by atoms with Crippen LogP contribution in [0.25, 0.3) is 0 Å². The van der Waals surface area contributed by atoms with Crippen LogP contribution in [-0.2, 0) is 16.6 Å². The molecular weight excluding hydrogens is 423 g/mol. The van der Waals surface area contributed by atoms with Crippen LogP contribution in [0.4, 0.5) is 10.1 Å². The first-order valence-electron chi connectivity index (χ1n) is 9.20. The van der Waals surface area contributed by atoms with E-state index in [2.05, 4.69) is 10.0 Å². The van der Waals surface area contributed by atoms with Crippen LogP contribution in [0, 0.1) is 5.82 Å². The Bertz CT molecular complexity index is 1200. The van der Waals surface area contributed by atoms with Crippen molar-refractivity contribution in [1.82, 2.24) is 5.32 Å². The Labute approximate surface area is 179 Å². The molecule has 0 heterocycles. The molecule has 0 radical (unpaired) electrons. The number of carbonyl (C=O) groups excluding carboxylic acids is 1. The normalized spacial score (nSPS) is 10.9. The van der Waals surface area contributed by atoms with Crippen LogP contribution in [0.2, 0.25) is 0 Å². The maximum atomic E-state index is 13.8. The lowest BCUT2D eigenvalue weighted by Gasteiger charge is -2.11. The van der Waals surface area contributed by atoms with Crippen molar-refractivity contribution in [1.29, 1.82) is 0 Å². The zero-order chi connectivity index (χ0) is 22.4. The number of halogens is 1. The highest BCUT2D eigenvalue weighted by Crippen LogP contribution is 2.27. The van der Waals surface area contributed by atoms with Gasteiger partial charge in [0.2, 0.25) is 0 Å². The second-order valence-corrected chi connectivity index (χ2v) is 8.17. The minimum absolute atomic E-state index is 0.150. The number of amides is 1. The van der Waals surface area contributed by atoms with Gasteiger partial charge >= 0.3 is 0 Å². The monoisotopic (exact) mass is 444 g/mol. The molecule has 0 saturated carbocycles. The fourth-order valence-electron chi connectivity index (χ4n) is 2.83. The number of rotatable bonds is 8. The minimum Gasteiger partial charge on any atom is -0.493 e. The number of carbonyl (C=O) groups is 1. The largest absolute Gasteiger partial charge is 0.493 e. The molecule has 0 aromatic heterocycles. The lowest BCUT2D eigenvalue weighted by Crippen LogP contribution is -2.23. The van der Waals surface area contributed by atoms with Crippen molar-refractivity contribution in [3.05, 3.63) is 83.7 Å². The summed E-state index contributed by atoms with van der Waals surface area (Å²) in [7, 11) is -1.03. The molecule has 0 atom stereocenters. The average molecular weight is 444 g/mol. The molecule has 0 spiro atoms. The molecule has 3 rings (SSSR count). The van der Waals surface area contributed by atoms with E-state index >= 15 is 0 Å². The van der Waals surface area contributed by atoms with Crippen molar-refractivity contribution in [2.75, 3.05) is 18.9 Å². The molecule has 0 aliphatic carbocycles. The second kappa shape index (κ2) is 9.48. The third-order valence-corrected chi connectivity index (χ3v) is 5.79. The molecule has 162 valence electrons. The predicted octanol–water partition coefficient (Wildman–Crippen LogP) is 3.57. The molecule has 1 amide bonds. The number of methoxy groups -OCH3 is 2. The van der Waals surface area contributed by atoms with Gasteiger partial charge in [-0.15, -0.1) is 0 Å². The van der Waals surface area contributed by atoms with E-state index in [1.54, 1.807) is 18.2 Å². The van der Waals surface area contributed by atoms with E-state index in [9.17, 15) is 17.6 Å². The summed E-state index contributed by atoms with van der Waals surface area (Å²) < 4.78 is 51.6. The van der Waals surface area contributed by atoms with Crippen molar-refractivity contribution < 1.29 is 27.1 Å². The summed E-state index contributed by atoms with van der Waals surface area (Å²) in [6.45, 7) is 0.198. The molecule has 3 aromatic rings. The van der Waals surface area contributed by atoms with Gasteiger partial charge in [-0.25, -0.2) is 12.8 Å². The van der Waals surface area contributed by atoms with E-state index in [1.807, 2.05) is 0 Å².